The van der Waals surface area contributed by atoms with E-state index >= 15 is 0 Å². The molecule has 0 bridgehead atoms. The topological polar surface area (TPSA) is 26.3 Å². The van der Waals surface area contributed by atoms with Gasteiger partial charge in [-0.1, -0.05) is 0 Å². The Labute approximate surface area is 86.3 Å². The summed E-state index contributed by atoms with van der Waals surface area (Å²) in [5.74, 6) is 3.56. The standard InChI is InChI=1S/C11H11O2Si/c1-7-3-5-9(12-7)11(14)10-6-4-8(2)13-10/h3-6,11H,1-2H3. The molecular formula is C11H11O2Si. The van der Waals surface area contributed by atoms with Crippen LogP contribution in [0.1, 0.15) is 28.6 Å². The molecule has 3 heteroatoms. The zero-order valence-electron chi connectivity index (χ0n) is 8.20. The summed E-state index contributed by atoms with van der Waals surface area (Å²) in [6.07, 6.45) is 0. The minimum Gasteiger partial charge on any atom is -0.466 e. The average Bonchev–Trinajstić information content (AvgIpc) is 2.73. The molecule has 2 nitrogen and oxygen atoms in total. The zero-order chi connectivity index (χ0) is 10.1. The van der Waals surface area contributed by atoms with Crippen LogP contribution in [-0.4, -0.2) is 10.2 Å². The Bertz CT molecular complexity index is 388. The third kappa shape index (κ3) is 1.68. The van der Waals surface area contributed by atoms with Gasteiger partial charge in [-0.15, -0.1) is 0 Å². The summed E-state index contributed by atoms with van der Waals surface area (Å²) in [4.78, 5) is 0. The Balaban J connectivity index is 2.28. The van der Waals surface area contributed by atoms with Crippen LogP contribution in [0, 0.1) is 13.8 Å². The van der Waals surface area contributed by atoms with Gasteiger partial charge in [0.1, 0.15) is 23.0 Å². The van der Waals surface area contributed by atoms with Gasteiger partial charge in [-0.3, -0.25) is 0 Å². The van der Waals surface area contributed by atoms with Gasteiger partial charge >= 0.3 is 0 Å². The molecule has 2 rings (SSSR count). The molecule has 0 aromatic carbocycles. The van der Waals surface area contributed by atoms with Crippen molar-refractivity contribution >= 4 is 10.2 Å². The summed E-state index contributed by atoms with van der Waals surface area (Å²) >= 11 is 0. The van der Waals surface area contributed by atoms with Crippen LogP contribution in [0.3, 0.4) is 0 Å². The molecule has 0 saturated heterocycles. The van der Waals surface area contributed by atoms with Crippen LogP contribution in [0.4, 0.5) is 0 Å². The van der Waals surface area contributed by atoms with Crippen molar-refractivity contribution in [3.63, 3.8) is 0 Å². The van der Waals surface area contributed by atoms with Gasteiger partial charge < -0.3 is 8.83 Å². The van der Waals surface area contributed by atoms with Crippen LogP contribution in [0.25, 0.3) is 0 Å². The monoisotopic (exact) mass is 203 g/mol. The Morgan fingerprint density at radius 2 is 1.36 bits per heavy atom. The maximum atomic E-state index is 5.50. The predicted molar refractivity (Wildman–Crippen MR) is 54.5 cm³/mol. The molecule has 0 fully saturated rings. The summed E-state index contributed by atoms with van der Waals surface area (Å²) in [5.41, 5.74) is -0.00241. The first-order valence-corrected chi connectivity index (χ1v) is 5.08. The molecule has 2 heterocycles. The number of rotatable bonds is 2. The summed E-state index contributed by atoms with van der Waals surface area (Å²) in [5, 5.41) is 0. The first kappa shape index (κ1) is 9.34. The summed E-state index contributed by atoms with van der Waals surface area (Å²) in [7, 11) is 3.59. The van der Waals surface area contributed by atoms with E-state index in [1.165, 1.54) is 0 Å². The molecule has 2 aromatic heterocycles. The van der Waals surface area contributed by atoms with Gasteiger partial charge in [-0.25, -0.2) is 0 Å². The molecule has 0 unspecified atom stereocenters. The first-order valence-electron chi connectivity index (χ1n) is 4.50. The summed E-state index contributed by atoms with van der Waals surface area (Å²) in [6, 6.07) is 7.78. The third-order valence-corrected chi connectivity index (χ3v) is 2.66. The van der Waals surface area contributed by atoms with Gasteiger partial charge in [0.25, 0.3) is 0 Å². The molecule has 0 aliphatic carbocycles. The van der Waals surface area contributed by atoms with Gasteiger partial charge in [0.15, 0.2) is 0 Å². The van der Waals surface area contributed by atoms with E-state index in [2.05, 4.69) is 10.2 Å². The minimum absolute atomic E-state index is 0.00241. The smallest absolute Gasteiger partial charge is 0.111 e. The van der Waals surface area contributed by atoms with E-state index in [1.807, 2.05) is 38.1 Å². The molecule has 3 radical (unpaired) electrons. The fourth-order valence-electron chi connectivity index (χ4n) is 1.36. The van der Waals surface area contributed by atoms with Crippen LogP contribution in [0.15, 0.2) is 33.1 Å². The lowest BCUT2D eigenvalue weighted by atomic mass is 10.2. The second-order valence-electron chi connectivity index (χ2n) is 3.33. The van der Waals surface area contributed by atoms with Crippen molar-refractivity contribution in [3.8, 4) is 0 Å². The van der Waals surface area contributed by atoms with Crippen LogP contribution in [0.2, 0.25) is 0 Å². The van der Waals surface area contributed by atoms with Crippen molar-refractivity contribution < 1.29 is 8.83 Å². The molecule has 0 aliphatic heterocycles. The molecule has 0 aliphatic rings. The molecule has 0 saturated carbocycles. The van der Waals surface area contributed by atoms with E-state index in [4.69, 9.17) is 8.83 Å². The van der Waals surface area contributed by atoms with Crippen LogP contribution < -0.4 is 0 Å². The van der Waals surface area contributed by atoms with E-state index < -0.39 is 0 Å². The summed E-state index contributed by atoms with van der Waals surface area (Å²) in [6.45, 7) is 3.85. The minimum atomic E-state index is -0.00241. The van der Waals surface area contributed by atoms with Crippen molar-refractivity contribution in [1.29, 1.82) is 0 Å². The first-order chi connectivity index (χ1) is 6.66. The van der Waals surface area contributed by atoms with E-state index in [-0.39, 0.29) is 5.54 Å². The maximum absolute atomic E-state index is 5.50. The molecule has 71 valence electrons. The molecular weight excluding hydrogens is 192 g/mol. The van der Waals surface area contributed by atoms with Gasteiger partial charge in [0.2, 0.25) is 0 Å². The number of hydrogen-bond acceptors (Lipinski definition) is 2. The molecule has 0 atom stereocenters. The molecule has 14 heavy (non-hydrogen) atoms. The molecule has 0 amide bonds. The molecule has 2 aromatic rings. The number of hydrogen-bond donors (Lipinski definition) is 0. The lowest BCUT2D eigenvalue weighted by molar-refractivity contribution is 0.444. The van der Waals surface area contributed by atoms with E-state index in [0.29, 0.717) is 0 Å². The molecule has 0 N–H and O–H groups in total. The Kier molecular flexibility index (Phi) is 2.33. The summed E-state index contributed by atoms with van der Waals surface area (Å²) < 4.78 is 11.0. The van der Waals surface area contributed by atoms with E-state index in [1.54, 1.807) is 0 Å². The van der Waals surface area contributed by atoms with Crippen LogP contribution >= 0.6 is 0 Å². The maximum Gasteiger partial charge on any atom is 0.111 e. The quantitative estimate of drug-likeness (QED) is 0.701. The second-order valence-corrected chi connectivity index (χ2v) is 3.91. The molecule has 0 spiro atoms. The Morgan fingerprint density at radius 1 is 0.929 bits per heavy atom. The van der Waals surface area contributed by atoms with Crippen LogP contribution in [-0.2, 0) is 0 Å². The highest BCUT2D eigenvalue weighted by Crippen LogP contribution is 2.24. The van der Waals surface area contributed by atoms with Crippen molar-refractivity contribution in [2.75, 3.05) is 0 Å². The van der Waals surface area contributed by atoms with E-state index in [0.717, 1.165) is 23.0 Å². The van der Waals surface area contributed by atoms with Crippen molar-refractivity contribution in [3.05, 3.63) is 47.3 Å². The van der Waals surface area contributed by atoms with Gasteiger partial charge in [0, 0.05) is 10.2 Å². The normalized spacial score (nSPS) is 11.1. The highest BCUT2D eigenvalue weighted by atomic mass is 28.1. The average molecular weight is 203 g/mol. The van der Waals surface area contributed by atoms with Crippen molar-refractivity contribution in [2.45, 2.75) is 19.4 Å². The predicted octanol–water partition coefficient (Wildman–Crippen LogP) is 2.75. The highest BCUT2D eigenvalue weighted by Gasteiger charge is 2.15. The van der Waals surface area contributed by atoms with Gasteiger partial charge in [-0.2, -0.15) is 0 Å². The second kappa shape index (κ2) is 3.50. The van der Waals surface area contributed by atoms with Gasteiger partial charge in [0.05, 0.1) is 5.54 Å². The lowest BCUT2D eigenvalue weighted by Crippen LogP contribution is -1.96. The fraction of sp³-hybridized carbons (Fsp3) is 0.273. The van der Waals surface area contributed by atoms with Gasteiger partial charge in [-0.05, 0) is 38.1 Å². The number of aryl methyl sites for hydroxylation is 2. The fourth-order valence-corrected chi connectivity index (χ4v) is 1.67. The highest BCUT2D eigenvalue weighted by molar-refractivity contribution is 6.13. The lowest BCUT2D eigenvalue weighted by Gasteiger charge is -2.03. The Morgan fingerprint density at radius 3 is 1.64 bits per heavy atom. The van der Waals surface area contributed by atoms with Crippen molar-refractivity contribution in [2.24, 2.45) is 0 Å². The van der Waals surface area contributed by atoms with Crippen LogP contribution in [0.5, 0.6) is 0 Å². The van der Waals surface area contributed by atoms with Crippen molar-refractivity contribution in [1.82, 2.24) is 0 Å². The zero-order valence-corrected chi connectivity index (χ0v) is 9.20. The number of furan rings is 2. The largest absolute Gasteiger partial charge is 0.466 e. The Hall–Kier alpha value is -1.22. The third-order valence-electron chi connectivity index (χ3n) is 2.09. The van der Waals surface area contributed by atoms with E-state index in [9.17, 15) is 0 Å². The SMILES string of the molecule is Cc1ccc(C([Si])c2ccc(C)o2)o1.